The maximum Gasteiger partial charge on any atom is 0.306 e. The number of carbonyl (C=O) groups excluding carboxylic acids is 3. The van der Waals surface area contributed by atoms with Crippen molar-refractivity contribution in [2.24, 2.45) is 0 Å². The van der Waals surface area contributed by atoms with Crippen molar-refractivity contribution in [1.29, 1.82) is 0 Å². The van der Waals surface area contributed by atoms with Gasteiger partial charge < -0.3 is 14.2 Å². The van der Waals surface area contributed by atoms with Crippen LogP contribution in [0.3, 0.4) is 0 Å². The molecule has 412 valence electrons. The normalized spacial score (nSPS) is 13.1. The lowest BCUT2D eigenvalue weighted by atomic mass is 10.1. The van der Waals surface area contributed by atoms with Crippen LogP contribution in [-0.2, 0) is 28.6 Å². The number of allylic oxidation sites excluding steroid dienone is 22. The largest absolute Gasteiger partial charge is 0.462 e. The number of esters is 3. The van der Waals surface area contributed by atoms with Gasteiger partial charge in [0, 0.05) is 19.3 Å². The quantitative estimate of drug-likeness (QED) is 0.0261. The summed E-state index contributed by atoms with van der Waals surface area (Å²) < 4.78 is 16.9. The number of unbranched alkanes of at least 4 members (excludes halogenated alkanes) is 19. The molecule has 0 N–H and O–H groups in total. The van der Waals surface area contributed by atoms with Gasteiger partial charge in [-0.15, -0.1) is 0 Å². The molecular formula is C67H108O6. The summed E-state index contributed by atoms with van der Waals surface area (Å²) in [7, 11) is 0. The van der Waals surface area contributed by atoms with E-state index in [9.17, 15) is 14.4 Å². The van der Waals surface area contributed by atoms with Gasteiger partial charge in [-0.2, -0.15) is 0 Å². The highest BCUT2D eigenvalue weighted by atomic mass is 16.6. The summed E-state index contributed by atoms with van der Waals surface area (Å²) in [5, 5.41) is 0. The number of carbonyl (C=O) groups is 3. The van der Waals surface area contributed by atoms with E-state index in [4.69, 9.17) is 14.2 Å². The Kier molecular flexibility index (Phi) is 56.4. The van der Waals surface area contributed by atoms with Crippen LogP contribution in [0.15, 0.2) is 134 Å². The molecule has 0 aromatic rings. The van der Waals surface area contributed by atoms with E-state index >= 15 is 0 Å². The van der Waals surface area contributed by atoms with Gasteiger partial charge in [0.25, 0.3) is 0 Å². The van der Waals surface area contributed by atoms with Gasteiger partial charge in [0.2, 0.25) is 0 Å². The summed E-state index contributed by atoms with van der Waals surface area (Å²) in [4.78, 5) is 38.3. The molecule has 0 radical (unpaired) electrons. The Morgan fingerprint density at radius 2 is 0.493 bits per heavy atom. The molecule has 0 heterocycles. The summed E-state index contributed by atoms with van der Waals surface area (Å²) in [6.45, 7) is 6.27. The van der Waals surface area contributed by atoms with E-state index < -0.39 is 6.10 Å². The molecule has 0 aromatic heterocycles. The minimum absolute atomic E-state index is 0.0981. The van der Waals surface area contributed by atoms with Crippen molar-refractivity contribution in [1.82, 2.24) is 0 Å². The minimum Gasteiger partial charge on any atom is -0.462 e. The van der Waals surface area contributed by atoms with E-state index in [0.717, 1.165) is 161 Å². The molecule has 1 unspecified atom stereocenters. The van der Waals surface area contributed by atoms with Crippen LogP contribution in [0.2, 0.25) is 0 Å². The topological polar surface area (TPSA) is 78.9 Å². The maximum atomic E-state index is 12.9. The molecule has 0 saturated heterocycles. The third kappa shape index (κ3) is 58.3. The standard InChI is InChI=1S/C67H108O6/c1-4-7-10-13-16-19-22-25-28-31-33-36-39-42-45-48-51-54-57-60-66(69)72-63-64(62-71-65(68)59-56-53-50-47-44-41-38-35-30-27-24-21-18-15-12-9-6-3)73-67(70)61-58-55-52-49-46-43-40-37-34-32-29-26-23-20-17-14-11-8-5-2/h7-12,16-21,25-30,33-34,36-37,64H,4-6,13-15,22-24,31-32,35,38-63H2,1-3H3/b10-7-,11-8-,12-9-,19-16-,20-17-,21-18-,28-25-,29-26-,30-27-,36-33-,37-34-. The van der Waals surface area contributed by atoms with Crippen LogP contribution in [0.4, 0.5) is 0 Å². The maximum absolute atomic E-state index is 12.9. The van der Waals surface area contributed by atoms with Crippen LogP contribution in [0.25, 0.3) is 0 Å². The third-order valence-corrected chi connectivity index (χ3v) is 12.1. The van der Waals surface area contributed by atoms with Crippen LogP contribution in [-0.4, -0.2) is 37.2 Å². The van der Waals surface area contributed by atoms with Crippen molar-refractivity contribution in [3.05, 3.63) is 134 Å². The fraction of sp³-hybridized carbons (Fsp3) is 0.627. The molecule has 6 nitrogen and oxygen atoms in total. The lowest BCUT2D eigenvalue weighted by Gasteiger charge is -2.18. The SMILES string of the molecule is CC/C=C\C/C=C\C/C=C\C/C=C\CCCCCCCCC(=O)OCC(COC(=O)CCCCCCCCC/C=C\C/C=C\C/C=C\CC)OC(=O)CCCCCCCC/C=C\C/C=C\C/C=C\C/C=C\CC. The zero-order chi connectivity index (χ0) is 52.9. The second-order valence-electron chi connectivity index (χ2n) is 19.1. The lowest BCUT2D eigenvalue weighted by Crippen LogP contribution is -2.30. The average molecular weight is 1010 g/mol. The highest BCUT2D eigenvalue weighted by molar-refractivity contribution is 5.71. The molecule has 6 heteroatoms. The van der Waals surface area contributed by atoms with E-state index in [0.29, 0.717) is 19.3 Å². The van der Waals surface area contributed by atoms with Gasteiger partial charge in [-0.1, -0.05) is 238 Å². The Morgan fingerprint density at radius 1 is 0.274 bits per heavy atom. The van der Waals surface area contributed by atoms with Crippen molar-refractivity contribution in [2.45, 2.75) is 258 Å². The lowest BCUT2D eigenvalue weighted by molar-refractivity contribution is -0.167. The zero-order valence-electron chi connectivity index (χ0n) is 47.1. The molecule has 73 heavy (non-hydrogen) atoms. The molecular weight excluding hydrogens is 901 g/mol. The average Bonchev–Trinajstić information content (AvgIpc) is 3.39. The molecule has 0 aliphatic carbocycles. The Balaban J connectivity index is 4.48. The zero-order valence-corrected chi connectivity index (χ0v) is 47.1. The van der Waals surface area contributed by atoms with E-state index in [-0.39, 0.29) is 31.1 Å². The highest BCUT2D eigenvalue weighted by Gasteiger charge is 2.19. The number of ether oxygens (including phenoxy) is 3. The molecule has 0 amide bonds. The second-order valence-corrected chi connectivity index (χ2v) is 19.1. The van der Waals surface area contributed by atoms with Crippen LogP contribution < -0.4 is 0 Å². The van der Waals surface area contributed by atoms with Gasteiger partial charge in [-0.3, -0.25) is 14.4 Å². The van der Waals surface area contributed by atoms with Gasteiger partial charge in [0.15, 0.2) is 6.10 Å². The first kappa shape index (κ1) is 68.6. The second kappa shape index (κ2) is 60.1. The highest BCUT2D eigenvalue weighted by Crippen LogP contribution is 2.14. The Hall–Kier alpha value is -4.45. The van der Waals surface area contributed by atoms with Gasteiger partial charge in [0.1, 0.15) is 13.2 Å². The minimum atomic E-state index is -0.803. The van der Waals surface area contributed by atoms with E-state index in [1.54, 1.807) is 0 Å². The summed E-state index contributed by atoms with van der Waals surface area (Å²) in [6, 6.07) is 0. The molecule has 0 aliphatic rings. The van der Waals surface area contributed by atoms with Gasteiger partial charge in [-0.05, 0) is 128 Å². The summed E-state index contributed by atoms with van der Waals surface area (Å²) in [5.74, 6) is -0.936. The molecule has 0 fully saturated rings. The van der Waals surface area contributed by atoms with Crippen LogP contribution in [0.1, 0.15) is 252 Å². The van der Waals surface area contributed by atoms with Gasteiger partial charge >= 0.3 is 17.9 Å². The fourth-order valence-corrected chi connectivity index (χ4v) is 7.79. The summed E-state index contributed by atoms with van der Waals surface area (Å²) in [6.07, 6.45) is 84.3. The smallest absolute Gasteiger partial charge is 0.306 e. The van der Waals surface area contributed by atoms with Crippen molar-refractivity contribution < 1.29 is 28.6 Å². The van der Waals surface area contributed by atoms with Gasteiger partial charge in [0.05, 0.1) is 0 Å². The van der Waals surface area contributed by atoms with E-state index in [1.807, 2.05) is 0 Å². The van der Waals surface area contributed by atoms with E-state index in [2.05, 4.69) is 154 Å². The van der Waals surface area contributed by atoms with Crippen LogP contribution in [0, 0.1) is 0 Å². The van der Waals surface area contributed by atoms with Crippen molar-refractivity contribution >= 4 is 17.9 Å². The fourth-order valence-electron chi connectivity index (χ4n) is 7.79. The predicted octanol–water partition coefficient (Wildman–Crippen LogP) is 20.2. The molecule has 0 spiro atoms. The molecule has 0 rings (SSSR count). The van der Waals surface area contributed by atoms with Crippen molar-refractivity contribution in [3.8, 4) is 0 Å². The number of hydrogen-bond acceptors (Lipinski definition) is 6. The number of hydrogen-bond donors (Lipinski definition) is 0. The molecule has 0 bridgehead atoms. The Morgan fingerprint density at radius 3 is 0.767 bits per heavy atom. The molecule has 0 saturated carbocycles. The van der Waals surface area contributed by atoms with Gasteiger partial charge in [-0.25, -0.2) is 0 Å². The summed E-state index contributed by atoms with van der Waals surface area (Å²) in [5.41, 5.74) is 0. The summed E-state index contributed by atoms with van der Waals surface area (Å²) >= 11 is 0. The first-order chi connectivity index (χ1) is 36.0. The van der Waals surface area contributed by atoms with E-state index in [1.165, 1.54) is 51.4 Å². The third-order valence-electron chi connectivity index (χ3n) is 12.1. The first-order valence-electron chi connectivity index (χ1n) is 29.7. The molecule has 0 aliphatic heterocycles. The Bertz CT molecular complexity index is 1580. The Labute approximate surface area is 449 Å². The predicted molar refractivity (Wildman–Crippen MR) is 316 cm³/mol. The van der Waals surface area contributed by atoms with Crippen molar-refractivity contribution in [2.75, 3.05) is 13.2 Å². The van der Waals surface area contributed by atoms with Crippen LogP contribution >= 0.6 is 0 Å². The first-order valence-corrected chi connectivity index (χ1v) is 29.7. The van der Waals surface area contributed by atoms with Crippen LogP contribution in [0.5, 0.6) is 0 Å². The monoisotopic (exact) mass is 1010 g/mol. The molecule has 0 aromatic carbocycles. The van der Waals surface area contributed by atoms with Crippen molar-refractivity contribution in [3.63, 3.8) is 0 Å². The molecule has 1 atom stereocenters. The number of rotatable bonds is 52.